The second-order valence-electron chi connectivity index (χ2n) is 4.25. The maximum Gasteiger partial charge on any atom is 0.573 e. The van der Waals surface area contributed by atoms with Gasteiger partial charge in [0, 0.05) is 0 Å². The maximum atomic E-state index is 12.2. The van der Waals surface area contributed by atoms with Gasteiger partial charge in [-0.25, -0.2) is 0 Å². The second-order valence-corrected chi connectivity index (χ2v) is 4.25. The summed E-state index contributed by atoms with van der Waals surface area (Å²) in [6, 6.07) is 6.38. The van der Waals surface area contributed by atoms with Crippen molar-refractivity contribution in [2.45, 2.75) is 18.7 Å². The molecule has 17 heavy (non-hydrogen) atoms. The summed E-state index contributed by atoms with van der Waals surface area (Å²) in [5.41, 5.74) is 0.657. The lowest BCUT2D eigenvalue weighted by atomic mass is 10.1. The highest BCUT2D eigenvalue weighted by atomic mass is 19.4. The Morgan fingerprint density at radius 1 is 1.35 bits per heavy atom. The molecule has 0 saturated heterocycles. The molecule has 0 radical (unpaired) electrons. The van der Waals surface area contributed by atoms with E-state index in [9.17, 15) is 13.2 Å². The van der Waals surface area contributed by atoms with E-state index in [-0.39, 0.29) is 11.7 Å². The summed E-state index contributed by atoms with van der Waals surface area (Å²) in [5, 5.41) is 3.03. The van der Waals surface area contributed by atoms with Crippen LogP contribution in [0.5, 0.6) is 5.75 Å². The van der Waals surface area contributed by atoms with Crippen LogP contribution in [0.4, 0.5) is 13.2 Å². The molecule has 0 spiro atoms. The number of hydrogen-bond acceptors (Lipinski definition) is 2. The Kier molecular flexibility index (Phi) is 3.28. The van der Waals surface area contributed by atoms with Crippen molar-refractivity contribution in [1.29, 1.82) is 0 Å². The van der Waals surface area contributed by atoms with Gasteiger partial charge in [-0.3, -0.25) is 0 Å². The fourth-order valence-electron chi connectivity index (χ4n) is 2.12. The summed E-state index contributed by atoms with van der Waals surface area (Å²) < 4.78 is 40.7. The molecule has 0 unspecified atom stereocenters. The fourth-order valence-corrected chi connectivity index (χ4v) is 2.12. The molecule has 0 bridgehead atoms. The molecular formula is C12H14F3NO. The van der Waals surface area contributed by atoms with Gasteiger partial charge in [0.1, 0.15) is 5.75 Å². The average Bonchev–Trinajstić information content (AvgIpc) is 2.96. The maximum absolute atomic E-state index is 12.2. The van der Waals surface area contributed by atoms with Crippen molar-refractivity contribution in [2.75, 3.05) is 13.6 Å². The van der Waals surface area contributed by atoms with E-state index in [1.165, 1.54) is 6.07 Å². The molecule has 2 rings (SSSR count). The summed E-state index contributed by atoms with van der Waals surface area (Å²) >= 11 is 0. The number of alkyl halides is 3. The van der Waals surface area contributed by atoms with Crippen LogP contribution in [0.25, 0.3) is 0 Å². The highest BCUT2D eigenvalue weighted by Crippen LogP contribution is 2.50. The van der Waals surface area contributed by atoms with Gasteiger partial charge in [0.25, 0.3) is 0 Å². The SMILES string of the molecule is CNC[C@H]1C[C@H]1c1ccccc1OC(F)(F)F. The summed E-state index contributed by atoms with van der Waals surface area (Å²) in [5.74, 6) is 0.530. The third-order valence-electron chi connectivity index (χ3n) is 2.93. The first kappa shape index (κ1) is 12.2. The van der Waals surface area contributed by atoms with Crippen molar-refractivity contribution in [3.8, 4) is 5.75 Å². The third-order valence-corrected chi connectivity index (χ3v) is 2.93. The van der Waals surface area contributed by atoms with Crippen LogP contribution >= 0.6 is 0 Å². The first-order valence-corrected chi connectivity index (χ1v) is 5.50. The Bertz CT molecular complexity index is 392. The van der Waals surface area contributed by atoms with E-state index < -0.39 is 6.36 Å². The molecule has 1 aromatic rings. The van der Waals surface area contributed by atoms with E-state index in [2.05, 4.69) is 10.1 Å². The Hall–Kier alpha value is -1.23. The lowest BCUT2D eigenvalue weighted by Crippen LogP contribution is -2.18. The van der Waals surface area contributed by atoms with E-state index in [0.29, 0.717) is 11.5 Å². The fraction of sp³-hybridized carbons (Fsp3) is 0.500. The molecule has 0 aromatic heterocycles. The van der Waals surface area contributed by atoms with Crippen molar-refractivity contribution in [3.63, 3.8) is 0 Å². The van der Waals surface area contributed by atoms with Gasteiger partial charge in [0.05, 0.1) is 0 Å². The third kappa shape index (κ3) is 3.12. The number of nitrogens with one attached hydrogen (secondary N) is 1. The van der Waals surface area contributed by atoms with Crippen LogP contribution < -0.4 is 10.1 Å². The lowest BCUT2D eigenvalue weighted by Gasteiger charge is -2.13. The van der Waals surface area contributed by atoms with Gasteiger partial charge >= 0.3 is 6.36 Å². The molecule has 94 valence electrons. The Balaban J connectivity index is 2.12. The molecule has 5 heteroatoms. The number of para-hydroxylation sites is 1. The van der Waals surface area contributed by atoms with Gasteiger partial charge in [-0.05, 0) is 43.5 Å². The highest BCUT2D eigenvalue weighted by Gasteiger charge is 2.41. The molecule has 1 aliphatic rings. The first-order valence-electron chi connectivity index (χ1n) is 5.50. The number of benzene rings is 1. The monoisotopic (exact) mass is 245 g/mol. The predicted octanol–water partition coefficient (Wildman–Crippen LogP) is 2.91. The highest BCUT2D eigenvalue weighted by molar-refractivity contribution is 5.39. The zero-order chi connectivity index (χ0) is 12.5. The quantitative estimate of drug-likeness (QED) is 0.880. The molecule has 0 heterocycles. The van der Waals surface area contributed by atoms with Crippen LogP contribution in [0.3, 0.4) is 0 Å². The molecule has 1 saturated carbocycles. The Morgan fingerprint density at radius 3 is 2.71 bits per heavy atom. The van der Waals surface area contributed by atoms with Gasteiger partial charge in [-0.15, -0.1) is 13.2 Å². The molecule has 2 nitrogen and oxygen atoms in total. The Morgan fingerprint density at radius 2 is 2.06 bits per heavy atom. The number of ether oxygens (including phenoxy) is 1. The van der Waals surface area contributed by atoms with Crippen LogP contribution in [-0.2, 0) is 0 Å². The van der Waals surface area contributed by atoms with Crippen molar-refractivity contribution in [1.82, 2.24) is 5.32 Å². The van der Waals surface area contributed by atoms with Crippen molar-refractivity contribution < 1.29 is 17.9 Å². The van der Waals surface area contributed by atoms with Gasteiger partial charge < -0.3 is 10.1 Å². The molecule has 1 N–H and O–H groups in total. The van der Waals surface area contributed by atoms with Crippen LogP contribution in [0.2, 0.25) is 0 Å². The molecular weight excluding hydrogens is 231 g/mol. The van der Waals surface area contributed by atoms with E-state index in [0.717, 1.165) is 13.0 Å². The van der Waals surface area contributed by atoms with Gasteiger partial charge in [0.2, 0.25) is 0 Å². The molecule has 2 atom stereocenters. The smallest absolute Gasteiger partial charge is 0.405 e. The van der Waals surface area contributed by atoms with Gasteiger partial charge in [-0.1, -0.05) is 18.2 Å². The minimum absolute atomic E-state index is 0.0661. The predicted molar refractivity (Wildman–Crippen MR) is 57.9 cm³/mol. The lowest BCUT2D eigenvalue weighted by molar-refractivity contribution is -0.274. The second kappa shape index (κ2) is 4.56. The summed E-state index contributed by atoms with van der Waals surface area (Å²) in [7, 11) is 1.84. The van der Waals surface area contributed by atoms with Crippen LogP contribution in [-0.4, -0.2) is 20.0 Å². The minimum atomic E-state index is -4.62. The molecule has 0 amide bonds. The molecule has 1 fully saturated rings. The zero-order valence-electron chi connectivity index (χ0n) is 9.42. The van der Waals surface area contributed by atoms with Gasteiger partial charge in [-0.2, -0.15) is 0 Å². The minimum Gasteiger partial charge on any atom is -0.405 e. The number of hydrogen-bond donors (Lipinski definition) is 1. The van der Waals surface area contributed by atoms with E-state index in [1.54, 1.807) is 18.2 Å². The van der Waals surface area contributed by atoms with Crippen molar-refractivity contribution in [3.05, 3.63) is 29.8 Å². The van der Waals surface area contributed by atoms with Crippen molar-refractivity contribution >= 4 is 0 Å². The van der Waals surface area contributed by atoms with Crippen LogP contribution in [0, 0.1) is 5.92 Å². The summed E-state index contributed by atoms with van der Waals surface area (Å²) in [4.78, 5) is 0. The first-order chi connectivity index (χ1) is 8.01. The van der Waals surface area contributed by atoms with Gasteiger partial charge in [0.15, 0.2) is 0 Å². The van der Waals surface area contributed by atoms with Crippen molar-refractivity contribution in [2.24, 2.45) is 5.92 Å². The van der Waals surface area contributed by atoms with Crippen LogP contribution in [0.15, 0.2) is 24.3 Å². The van der Waals surface area contributed by atoms with E-state index in [1.807, 2.05) is 7.05 Å². The molecule has 0 aliphatic heterocycles. The molecule has 1 aromatic carbocycles. The number of halogens is 3. The summed E-state index contributed by atoms with van der Waals surface area (Å²) in [6.07, 6.45) is -3.71. The average molecular weight is 245 g/mol. The van der Waals surface area contributed by atoms with E-state index in [4.69, 9.17) is 0 Å². The number of rotatable bonds is 4. The Labute approximate surface area is 97.8 Å². The van der Waals surface area contributed by atoms with E-state index >= 15 is 0 Å². The summed E-state index contributed by atoms with van der Waals surface area (Å²) in [6.45, 7) is 0.824. The largest absolute Gasteiger partial charge is 0.573 e. The molecule has 1 aliphatic carbocycles. The topological polar surface area (TPSA) is 21.3 Å². The zero-order valence-corrected chi connectivity index (χ0v) is 9.42. The normalized spacial score (nSPS) is 23.5. The standard InChI is InChI=1S/C12H14F3NO/c1-16-7-8-6-10(8)9-4-2-3-5-11(9)17-12(13,14)15/h2-5,8,10,16H,6-7H2,1H3/t8-,10-/m1/s1. The van der Waals surface area contributed by atoms with Crippen LogP contribution in [0.1, 0.15) is 17.9 Å².